The number of piperidine rings is 1. The average molecular weight is 579 g/mol. The van der Waals surface area contributed by atoms with Crippen LogP contribution < -0.4 is 14.8 Å². The Labute approximate surface area is 247 Å². The quantitative estimate of drug-likeness (QED) is 0.300. The third-order valence-electron chi connectivity index (χ3n) is 9.14. The first kappa shape index (κ1) is 29.1. The predicted octanol–water partition coefficient (Wildman–Crippen LogP) is 7.54. The van der Waals surface area contributed by atoms with Crippen molar-refractivity contribution in [2.24, 2.45) is 5.41 Å². The summed E-state index contributed by atoms with van der Waals surface area (Å²) in [6, 6.07) is 17.2. The summed E-state index contributed by atoms with van der Waals surface area (Å²) in [5, 5.41) is 3.46. The lowest BCUT2D eigenvalue weighted by Crippen LogP contribution is -2.52. The van der Waals surface area contributed by atoms with Crippen molar-refractivity contribution in [2.75, 3.05) is 19.6 Å². The summed E-state index contributed by atoms with van der Waals surface area (Å²) in [5.74, 6) is -0.439. The number of hydrogen-bond acceptors (Lipinski definition) is 4. The van der Waals surface area contributed by atoms with Crippen LogP contribution in [-0.4, -0.2) is 42.3 Å². The molecule has 6 rings (SSSR count). The van der Waals surface area contributed by atoms with E-state index in [-0.39, 0.29) is 35.4 Å². The van der Waals surface area contributed by atoms with E-state index in [0.717, 1.165) is 49.0 Å². The highest BCUT2D eigenvalue weighted by Crippen LogP contribution is 2.48. The van der Waals surface area contributed by atoms with E-state index in [1.165, 1.54) is 32.4 Å². The van der Waals surface area contributed by atoms with Crippen LogP contribution in [0.4, 0.5) is 13.2 Å². The fourth-order valence-corrected chi connectivity index (χ4v) is 7.18. The standard InChI is InChI=1S/C35H41F3N2O2/c1-23-14-25-15-26(41-20-24-8-5-4-6-9-24)10-11-29(25)33(40(23)22-34(2,3)38)32-30(36)16-27(17-31(32)37)42-28-18-35(19-28)12-7-13-39-21-35/h4-6,8-11,15-17,23,28,33,39H,7,12-14,18-22H2,1-3H3/t23-,28?,33?,35?/m1/s1. The van der Waals surface area contributed by atoms with Gasteiger partial charge in [-0.3, -0.25) is 4.90 Å². The molecular formula is C35H41F3N2O2. The van der Waals surface area contributed by atoms with Gasteiger partial charge in [0, 0.05) is 36.8 Å². The summed E-state index contributed by atoms with van der Waals surface area (Å²) < 4.78 is 59.1. The van der Waals surface area contributed by atoms with Gasteiger partial charge in [0.05, 0.1) is 12.1 Å². The summed E-state index contributed by atoms with van der Waals surface area (Å²) in [7, 11) is 0. The second kappa shape index (κ2) is 11.6. The van der Waals surface area contributed by atoms with Crippen LogP contribution in [0.15, 0.2) is 60.7 Å². The molecule has 3 aliphatic rings. The van der Waals surface area contributed by atoms with Gasteiger partial charge in [-0.1, -0.05) is 36.4 Å². The van der Waals surface area contributed by atoms with Gasteiger partial charge in [-0.2, -0.15) is 0 Å². The molecule has 2 heterocycles. The topological polar surface area (TPSA) is 33.7 Å². The molecule has 2 fully saturated rings. The van der Waals surface area contributed by atoms with Crippen LogP contribution in [0.1, 0.15) is 74.8 Å². The molecule has 1 saturated carbocycles. The molecule has 0 bridgehead atoms. The highest BCUT2D eigenvalue weighted by Gasteiger charge is 2.46. The molecule has 3 aromatic rings. The van der Waals surface area contributed by atoms with E-state index in [9.17, 15) is 0 Å². The molecule has 3 aromatic carbocycles. The van der Waals surface area contributed by atoms with Crippen molar-refractivity contribution in [3.05, 3.63) is 94.6 Å². The van der Waals surface area contributed by atoms with Crippen molar-refractivity contribution in [1.82, 2.24) is 10.2 Å². The van der Waals surface area contributed by atoms with Gasteiger partial charge < -0.3 is 14.8 Å². The molecule has 1 saturated heterocycles. The van der Waals surface area contributed by atoms with E-state index in [0.29, 0.717) is 18.8 Å². The summed E-state index contributed by atoms with van der Waals surface area (Å²) in [6.45, 7) is 7.48. The smallest absolute Gasteiger partial charge is 0.134 e. The maximum Gasteiger partial charge on any atom is 0.134 e. The largest absolute Gasteiger partial charge is 0.490 e. The van der Waals surface area contributed by atoms with Crippen LogP contribution in [0.5, 0.6) is 11.5 Å². The fraction of sp³-hybridized carbons (Fsp3) is 0.486. The second-order valence-corrected chi connectivity index (χ2v) is 13.2. The van der Waals surface area contributed by atoms with Crippen molar-refractivity contribution >= 4 is 0 Å². The third kappa shape index (κ3) is 6.18. The second-order valence-electron chi connectivity index (χ2n) is 13.2. The molecule has 1 unspecified atom stereocenters. The number of halogens is 3. The fourth-order valence-electron chi connectivity index (χ4n) is 7.18. The Balaban J connectivity index is 1.27. The Bertz CT molecular complexity index is 1370. The van der Waals surface area contributed by atoms with Crippen molar-refractivity contribution in [2.45, 2.75) is 83.3 Å². The molecule has 1 aliphatic carbocycles. The summed E-state index contributed by atoms with van der Waals surface area (Å²) in [4.78, 5) is 1.89. The molecule has 42 heavy (non-hydrogen) atoms. The Morgan fingerprint density at radius 1 is 1.00 bits per heavy atom. The minimum absolute atomic E-state index is 0.0388. The number of benzene rings is 3. The Morgan fingerprint density at radius 3 is 2.40 bits per heavy atom. The summed E-state index contributed by atoms with van der Waals surface area (Å²) in [5.41, 5.74) is 1.40. The summed E-state index contributed by atoms with van der Waals surface area (Å²) in [6.07, 6.45) is 4.69. The van der Waals surface area contributed by atoms with Crippen molar-refractivity contribution < 1.29 is 22.6 Å². The zero-order chi connectivity index (χ0) is 29.5. The normalized spacial score (nSPS) is 26.0. The number of alkyl halides is 1. The number of nitrogens with zero attached hydrogens (tertiary/aromatic N) is 1. The van der Waals surface area contributed by atoms with Crippen LogP contribution >= 0.6 is 0 Å². The number of fused-ring (bicyclic) bond motifs is 1. The molecule has 2 aliphatic heterocycles. The highest BCUT2D eigenvalue weighted by atomic mass is 19.1. The van der Waals surface area contributed by atoms with Gasteiger partial charge in [-0.25, -0.2) is 13.2 Å². The van der Waals surface area contributed by atoms with Crippen LogP contribution in [0.3, 0.4) is 0 Å². The van der Waals surface area contributed by atoms with Gasteiger partial charge in [0.25, 0.3) is 0 Å². The number of nitrogens with one attached hydrogen (secondary N) is 1. The maximum absolute atomic E-state index is 16.0. The minimum Gasteiger partial charge on any atom is -0.490 e. The van der Waals surface area contributed by atoms with Gasteiger partial charge in [-0.15, -0.1) is 0 Å². The molecule has 1 spiro atoms. The molecular weight excluding hydrogens is 537 g/mol. The molecule has 224 valence electrons. The van der Waals surface area contributed by atoms with Gasteiger partial charge in [0.2, 0.25) is 0 Å². The van der Waals surface area contributed by atoms with E-state index in [1.807, 2.05) is 60.4 Å². The number of hydrogen-bond donors (Lipinski definition) is 1. The minimum atomic E-state index is -1.55. The lowest BCUT2D eigenvalue weighted by Gasteiger charge is -2.49. The number of rotatable bonds is 8. The van der Waals surface area contributed by atoms with Gasteiger partial charge in [0.15, 0.2) is 0 Å². The van der Waals surface area contributed by atoms with E-state index < -0.39 is 23.3 Å². The van der Waals surface area contributed by atoms with Crippen LogP contribution in [0.25, 0.3) is 0 Å². The molecule has 1 N–H and O–H groups in total. The molecule has 7 heteroatoms. The summed E-state index contributed by atoms with van der Waals surface area (Å²) >= 11 is 0. The molecule has 0 radical (unpaired) electrons. The van der Waals surface area contributed by atoms with Gasteiger partial charge in [-0.05, 0) is 93.7 Å². The Hall–Kier alpha value is -3.03. The number of ether oxygens (including phenoxy) is 2. The zero-order valence-electron chi connectivity index (χ0n) is 24.8. The van der Waals surface area contributed by atoms with E-state index >= 15 is 13.2 Å². The Kier molecular flexibility index (Phi) is 8.01. The SMILES string of the molecule is C[C@@H]1Cc2cc(OCc3ccccc3)ccc2C(c2c(F)cc(OC3CC4(CCCNC4)C3)cc2F)N1CC(C)(C)F. The van der Waals surface area contributed by atoms with Gasteiger partial charge in [0.1, 0.15) is 35.4 Å². The molecule has 0 amide bonds. The first-order valence-corrected chi connectivity index (χ1v) is 15.2. The van der Waals surface area contributed by atoms with Crippen molar-refractivity contribution in [1.29, 1.82) is 0 Å². The average Bonchev–Trinajstić information content (AvgIpc) is 2.92. The highest BCUT2D eigenvalue weighted by molar-refractivity contribution is 5.46. The van der Waals surface area contributed by atoms with Crippen molar-refractivity contribution in [3.8, 4) is 11.5 Å². The predicted molar refractivity (Wildman–Crippen MR) is 159 cm³/mol. The van der Waals surface area contributed by atoms with E-state index in [4.69, 9.17) is 9.47 Å². The lowest BCUT2D eigenvalue weighted by atomic mass is 9.63. The maximum atomic E-state index is 16.0. The van der Waals surface area contributed by atoms with Crippen molar-refractivity contribution in [3.63, 3.8) is 0 Å². The van der Waals surface area contributed by atoms with E-state index in [2.05, 4.69) is 5.32 Å². The van der Waals surface area contributed by atoms with Crippen LogP contribution in [-0.2, 0) is 13.0 Å². The first-order valence-electron chi connectivity index (χ1n) is 15.2. The molecule has 4 nitrogen and oxygen atoms in total. The Morgan fingerprint density at radius 2 is 1.74 bits per heavy atom. The molecule has 0 aromatic heterocycles. The van der Waals surface area contributed by atoms with Crippen LogP contribution in [0, 0.1) is 17.0 Å². The third-order valence-corrected chi connectivity index (χ3v) is 9.14. The monoisotopic (exact) mass is 578 g/mol. The lowest BCUT2D eigenvalue weighted by molar-refractivity contribution is -0.0302. The first-order chi connectivity index (χ1) is 20.1. The zero-order valence-corrected chi connectivity index (χ0v) is 24.8. The van der Waals surface area contributed by atoms with Crippen LogP contribution in [0.2, 0.25) is 0 Å². The van der Waals surface area contributed by atoms with E-state index in [1.54, 1.807) is 0 Å². The van der Waals surface area contributed by atoms with Gasteiger partial charge >= 0.3 is 0 Å². The molecule has 2 atom stereocenters.